The van der Waals surface area contributed by atoms with E-state index in [0.717, 1.165) is 37.2 Å². The van der Waals surface area contributed by atoms with Crippen LogP contribution in [0.3, 0.4) is 0 Å². The van der Waals surface area contributed by atoms with Crippen LogP contribution in [0.4, 0.5) is 11.4 Å². The Balaban J connectivity index is 1.78. The van der Waals surface area contributed by atoms with E-state index in [0.29, 0.717) is 0 Å². The SMILES string of the molecule is Cc1ccc(N2CCCC2)cc1NC(=O)C1CC1. The fourth-order valence-electron chi connectivity index (χ4n) is 2.50. The number of nitrogens with one attached hydrogen (secondary N) is 1. The van der Waals surface area contributed by atoms with E-state index in [4.69, 9.17) is 0 Å². The molecule has 0 bridgehead atoms. The second-order valence-electron chi connectivity index (χ2n) is 5.46. The molecule has 1 saturated carbocycles. The van der Waals surface area contributed by atoms with E-state index in [2.05, 4.69) is 35.3 Å². The van der Waals surface area contributed by atoms with Crippen molar-refractivity contribution in [2.75, 3.05) is 23.3 Å². The Bertz CT molecular complexity index is 460. The van der Waals surface area contributed by atoms with Crippen LogP contribution >= 0.6 is 0 Å². The normalized spacial score (nSPS) is 19.1. The van der Waals surface area contributed by atoms with Crippen molar-refractivity contribution in [2.45, 2.75) is 32.6 Å². The van der Waals surface area contributed by atoms with Crippen LogP contribution in [0, 0.1) is 12.8 Å². The van der Waals surface area contributed by atoms with Gasteiger partial charge < -0.3 is 10.2 Å². The van der Waals surface area contributed by atoms with Gasteiger partial charge in [0, 0.05) is 30.4 Å². The van der Waals surface area contributed by atoms with Crippen molar-refractivity contribution in [1.82, 2.24) is 0 Å². The van der Waals surface area contributed by atoms with Crippen LogP contribution in [0.1, 0.15) is 31.2 Å². The number of nitrogens with zero attached hydrogens (tertiary/aromatic N) is 1. The minimum atomic E-state index is 0.191. The van der Waals surface area contributed by atoms with Crippen molar-refractivity contribution >= 4 is 17.3 Å². The van der Waals surface area contributed by atoms with Crippen LogP contribution in [0.25, 0.3) is 0 Å². The summed E-state index contributed by atoms with van der Waals surface area (Å²) in [5, 5.41) is 3.07. The Kier molecular flexibility index (Phi) is 2.98. The van der Waals surface area contributed by atoms with Gasteiger partial charge in [0.2, 0.25) is 5.91 Å². The number of hydrogen-bond donors (Lipinski definition) is 1. The van der Waals surface area contributed by atoms with Gasteiger partial charge in [-0.15, -0.1) is 0 Å². The molecule has 1 heterocycles. The van der Waals surface area contributed by atoms with Crippen LogP contribution in [0.5, 0.6) is 0 Å². The van der Waals surface area contributed by atoms with Crippen LogP contribution < -0.4 is 10.2 Å². The third-order valence-corrected chi connectivity index (χ3v) is 3.90. The van der Waals surface area contributed by atoms with Crippen LogP contribution in [-0.2, 0) is 4.79 Å². The highest BCUT2D eigenvalue weighted by Gasteiger charge is 2.29. The Morgan fingerprint density at radius 3 is 2.67 bits per heavy atom. The van der Waals surface area contributed by atoms with Gasteiger partial charge in [0.25, 0.3) is 0 Å². The number of anilines is 2. The van der Waals surface area contributed by atoms with E-state index in [1.54, 1.807) is 0 Å². The van der Waals surface area contributed by atoms with E-state index in [1.807, 2.05) is 0 Å². The second-order valence-corrected chi connectivity index (χ2v) is 5.46. The van der Waals surface area contributed by atoms with Gasteiger partial charge in [0.15, 0.2) is 0 Å². The Hall–Kier alpha value is -1.51. The van der Waals surface area contributed by atoms with Gasteiger partial charge in [-0.3, -0.25) is 4.79 Å². The average molecular weight is 244 g/mol. The van der Waals surface area contributed by atoms with Gasteiger partial charge in [0.1, 0.15) is 0 Å². The first-order valence-electron chi connectivity index (χ1n) is 6.90. The molecule has 1 aromatic rings. The van der Waals surface area contributed by atoms with Crippen LogP contribution in [0.2, 0.25) is 0 Å². The summed E-state index contributed by atoms with van der Waals surface area (Å²) in [5.74, 6) is 0.455. The Morgan fingerprint density at radius 2 is 2.00 bits per heavy atom. The van der Waals surface area contributed by atoms with E-state index in [9.17, 15) is 4.79 Å². The van der Waals surface area contributed by atoms with E-state index < -0.39 is 0 Å². The molecule has 1 aromatic carbocycles. The van der Waals surface area contributed by atoms with Crippen LogP contribution in [-0.4, -0.2) is 19.0 Å². The van der Waals surface area contributed by atoms with E-state index in [1.165, 1.54) is 18.5 Å². The summed E-state index contributed by atoms with van der Waals surface area (Å²) in [4.78, 5) is 14.2. The largest absolute Gasteiger partial charge is 0.371 e. The molecule has 1 aliphatic carbocycles. The monoisotopic (exact) mass is 244 g/mol. The molecule has 0 atom stereocenters. The number of amides is 1. The highest BCUT2D eigenvalue weighted by Crippen LogP contribution is 2.32. The van der Waals surface area contributed by atoms with Crippen molar-refractivity contribution in [3.63, 3.8) is 0 Å². The molecule has 0 spiro atoms. The molecule has 0 aromatic heterocycles. The fourth-order valence-corrected chi connectivity index (χ4v) is 2.50. The fraction of sp³-hybridized carbons (Fsp3) is 0.533. The highest BCUT2D eigenvalue weighted by atomic mass is 16.2. The van der Waals surface area contributed by atoms with Gasteiger partial charge in [0.05, 0.1) is 0 Å². The Morgan fingerprint density at radius 1 is 1.28 bits per heavy atom. The zero-order valence-electron chi connectivity index (χ0n) is 10.9. The molecule has 3 rings (SSSR count). The van der Waals surface area contributed by atoms with Gasteiger partial charge in [-0.25, -0.2) is 0 Å². The summed E-state index contributed by atoms with van der Waals surface area (Å²) >= 11 is 0. The number of carbonyl (C=O) groups excluding carboxylic acids is 1. The zero-order chi connectivity index (χ0) is 12.5. The van der Waals surface area contributed by atoms with Crippen molar-refractivity contribution < 1.29 is 4.79 Å². The molecule has 18 heavy (non-hydrogen) atoms. The summed E-state index contributed by atoms with van der Waals surface area (Å²) in [6, 6.07) is 6.39. The lowest BCUT2D eigenvalue weighted by atomic mass is 10.1. The third-order valence-electron chi connectivity index (χ3n) is 3.90. The Labute approximate surface area is 108 Å². The predicted octanol–water partition coefficient (Wildman–Crippen LogP) is 2.94. The summed E-state index contributed by atoms with van der Waals surface area (Å²) in [6.45, 7) is 4.33. The molecular formula is C15H20N2O. The molecule has 0 radical (unpaired) electrons. The first kappa shape index (κ1) is 11.6. The van der Waals surface area contributed by atoms with Crippen molar-refractivity contribution in [2.24, 2.45) is 5.92 Å². The number of carbonyl (C=O) groups is 1. The molecule has 0 unspecified atom stereocenters. The van der Waals surface area contributed by atoms with E-state index >= 15 is 0 Å². The molecule has 2 fully saturated rings. The number of aryl methyl sites for hydroxylation is 1. The predicted molar refractivity (Wildman–Crippen MR) is 74.0 cm³/mol. The summed E-state index contributed by atoms with van der Waals surface area (Å²) in [6.07, 6.45) is 4.66. The maximum absolute atomic E-state index is 11.8. The maximum atomic E-state index is 11.8. The topological polar surface area (TPSA) is 32.3 Å². The first-order valence-corrected chi connectivity index (χ1v) is 6.90. The number of rotatable bonds is 3. The van der Waals surface area contributed by atoms with Crippen molar-refractivity contribution in [3.8, 4) is 0 Å². The minimum absolute atomic E-state index is 0.191. The third kappa shape index (κ3) is 2.35. The lowest BCUT2D eigenvalue weighted by molar-refractivity contribution is -0.117. The molecular weight excluding hydrogens is 224 g/mol. The molecule has 96 valence electrons. The van der Waals surface area contributed by atoms with Crippen molar-refractivity contribution in [3.05, 3.63) is 23.8 Å². The van der Waals surface area contributed by atoms with Gasteiger partial charge in [-0.2, -0.15) is 0 Å². The maximum Gasteiger partial charge on any atom is 0.227 e. The molecule has 1 N–H and O–H groups in total. The molecule has 2 aliphatic rings. The molecule has 1 aliphatic heterocycles. The average Bonchev–Trinajstić information content (AvgIpc) is 3.08. The van der Waals surface area contributed by atoms with E-state index in [-0.39, 0.29) is 11.8 Å². The van der Waals surface area contributed by atoms with Gasteiger partial charge in [-0.1, -0.05) is 6.07 Å². The molecule has 1 saturated heterocycles. The molecule has 1 amide bonds. The van der Waals surface area contributed by atoms with Crippen molar-refractivity contribution in [1.29, 1.82) is 0 Å². The van der Waals surface area contributed by atoms with Crippen LogP contribution in [0.15, 0.2) is 18.2 Å². The lowest BCUT2D eigenvalue weighted by Gasteiger charge is -2.19. The number of benzene rings is 1. The summed E-state index contributed by atoms with van der Waals surface area (Å²) < 4.78 is 0. The molecule has 3 heteroatoms. The van der Waals surface area contributed by atoms with Gasteiger partial charge in [-0.05, 0) is 50.3 Å². The number of hydrogen-bond acceptors (Lipinski definition) is 2. The van der Waals surface area contributed by atoms with Gasteiger partial charge >= 0.3 is 0 Å². The lowest BCUT2D eigenvalue weighted by Crippen LogP contribution is -2.19. The summed E-state index contributed by atoms with van der Waals surface area (Å²) in [7, 11) is 0. The first-order chi connectivity index (χ1) is 8.74. The minimum Gasteiger partial charge on any atom is -0.371 e. The summed E-state index contributed by atoms with van der Waals surface area (Å²) in [5.41, 5.74) is 3.37. The quantitative estimate of drug-likeness (QED) is 0.886. The second kappa shape index (κ2) is 4.63. The highest BCUT2D eigenvalue weighted by molar-refractivity contribution is 5.95. The zero-order valence-corrected chi connectivity index (χ0v) is 10.9. The smallest absolute Gasteiger partial charge is 0.227 e. The standard InChI is InChI=1S/C15H20N2O/c1-11-4-7-13(17-8-2-3-9-17)10-14(11)16-15(18)12-5-6-12/h4,7,10,12H,2-3,5-6,8-9H2,1H3,(H,16,18). The molecule has 3 nitrogen and oxygen atoms in total.